The first-order valence-corrected chi connectivity index (χ1v) is 7.52. The van der Waals surface area contributed by atoms with Gasteiger partial charge in [-0.2, -0.15) is 5.26 Å². The normalized spacial score (nSPS) is 23.6. The molecule has 1 N–H and O–H groups in total. The van der Waals surface area contributed by atoms with Crippen LogP contribution in [0.2, 0.25) is 0 Å². The van der Waals surface area contributed by atoms with Gasteiger partial charge in [0.05, 0.1) is 18.1 Å². The lowest BCUT2D eigenvalue weighted by molar-refractivity contribution is 0.242. The van der Waals surface area contributed by atoms with Crippen LogP contribution in [-0.2, 0) is 0 Å². The van der Waals surface area contributed by atoms with E-state index in [9.17, 15) is 0 Å². The summed E-state index contributed by atoms with van der Waals surface area (Å²) >= 11 is 0. The number of rotatable bonds is 5. The van der Waals surface area contributed by atoms with Crippen LogP contribution in [0.4, 0.5) is 0 Å². The molecule has 1 fully saturated rings. The molecule has 3 unspecified atom stereocenters. The number of hydrogen-bond donors (Lipinski definition) is 1. The number of nitrogens with one attached hydrogen (secondary N) is 1. The lowest BCUT2D eigenvalue weighted by atomic mass is 10.0. The van der Waals surface area contributed by atoms with Gasteiger partial charge in [0, 0.05) is 12.1 Å². The highest BCUT2D eigenvalue weighted by Crippen LogP contribution is 2.27. The van der Waals surface area contributed by atoms with E-state index in [-0.39, 0.29) is 18.1 Å². The summed E-state index contributed by atoms with van der Waals surface area (Å²) in [6, 6.07) is 11.3. The minimum absolute atomic E-state index is 0.168. The summed E-state index contributed by atoms with van der Waals surface area (Å²) in [6.45, 7) is 6.21. The summed E-state index contributed by atoms with van der Waals surface area (Å²) in [5.74, 6) is 1.08. The lowest BCUT2D eigenvalue weighted by Crippen LogP contribution is -2.33. The molecular weight excluding hydrogens is 248 g/mol. The summed E-state index contributed by atoms with van der Waals surface area (Å²) in [4.78, 5) is 0. The molecule has 1 aliphatic rings. The fourth-order valence-electron chi connectivity index (χ4n) is 2.84. The number of nitriles is 1. The Morgan fingerprint density at radius 3 is 2.50 bits per heavy atom. The molecule has 0 amide bonds. The third-order valence-electron chi connectivity index (χ3n) is 3.90. The van der Waals surface area contributed by atoms with Gasteiger partial charge < -0.3 is 10.1 Å². The van der Waals surface area contributed by atoms with Crippen molar-refractivity contribution in [3.63, 3.8) is 0 Å². The molecule has 0 bridgehead atoms. The van der Waals surface area contributed by atoms with Gasteiger partial charge in [-0.1, -0.05) is 18.6 Å². The third-order valence-corrected chi connectivity index (χ3v) is 3.90. The largest absolute Gasteiger partial charge is 0.491 e. The van der Waals surface area contributed by atoms with Crippen LogP contribution in [0.5, 0.6) is 5.75 Å². The van der Waals surface area contributed by atoms with Gasteiger partial charge >= 0.3 is 0 Å². The van der Waals surface area contributed by atoms with E-state index < -0.39 is 0 Å². The van der Waals surface area contributed by atoms with Gasteiger partial charge in [-0.15, -0.1) is 0 Å². The SMILES string of the molecule is CC(C)Oc1ccc(C(C)NC2CCCC2C#N)cc1. The highest BCUT2D eigenvalue weighted by molar-refractivity contribution is 5.29. The molecule has 3 atom stereocenters. The fourth-order valence-corrected chi connectivity index (χ4v) is 2.84. The Balaban J connectivity index is 1.95. The summed E-state index contributed by atoms with van der Waals surface area (Å²) in [5.41, 5.74) is 1.24. The first-order valence-electron chi connectivity index (χ1n) is 7.52. The summed E-state index contributed by atoms with van der Waals surface area (Å²) < 4.78 is 5.65. The van der Waals surface area contributed by atoms with Gasteiger partial charge in [-0.25, -0.2) is 0 Å². The van der Waals surface area contributed by atoms with E-state index in [2.05, 4.69) is 30.4 Å². The maximum Gasteiger partial charge on any atom is 0.119 e. The van der Waals surface area contributed by atoms with Gasteiger partial charge in [0.25, 0.3) is 0 Å². The number of hydrogen-bond acceptors (Lipinski definition) is 3. The van der Waals surface area contributed by atoms with Crippen LogP contribution < -0.4 is 10.1 Å². The first-order chi connectivity index (χ1) is 9.60. The second-order valence-electron chi connectivity index (χ2n) is 5.90. The third kappa shape index (κ3) is 3.74. The smallest absolute Gasteiger partial charge is 0.119 e. The molecule has 3 heteroatoms. The minimum Gasteiger partial charge on any atom is -0.491 e. The molecule has 0 heterocycles. The molecule has 0 saturated heterocycles. The Bertz CT molecular complexity index is 461. The monoisotopic (exact) mass is 272 g/mol. The highest BCUT2D eigenvalue weighted by atomic mass is 16.5. The molecule has 1 saturated carbocycles. The minimum atomic E-state index is 0.168. The molecule has 1 aromatic rings. The zero-order valence-electron chi connectivity index (χ0n) is 12.6. The first kappa shape index (κ1) is 14.9. The van der Waals surface area contributed by atoms with E-state index in [1.54, 1.807) is 0 Å². The standard InChI is InChI=1S/C17H24N2O/c1-12(2)20-16-9-7-14(8-10-16)13(3)19-17-6-4-5-15(17)11-18/h7-10,12-13,15,17,19H,4-6H2,1-3H3. The summed E-state index contributed by atoms with van der Waals surface area (Å²) in [5, 5.41) is 12.7. The maximum atomic E-state index is 9.13. The molecule has 20 heavy (non-hydrogen) atoms. The van der Waals surface area contributed by atoms with Crippen molar-refractivity contribution in [1.82, 2.24) is 5.32 Å². The fraction of sp³-hybridized carbons (Fsp3) is 0.588. The second-order valence-corrected chi connectivity index (χ2v) is 5.90. The van der Waals surface area contributed by atoms with Gasteiger partial charge in [0.2, 0.25) is 0 Å². The van der Waals surface area contributed by atoms with Gasteiger partial charge in [0.1, 0.15) is 5.75 Å². The van der Waals surface area contributed by atoms with Crippen LogP contribution in [0.3, 0.4) is 0 Å². The Kier molecular flexibility index (Phi) is 5.03. The average molecular weight is 272 g/mol. The van der Waals surface area contributed by atoms with Crippen molar-refractivity contribution in [1.29, 1.82) is 5.26 Å². The Hall–Kier alpha value is -1.53. The van der Waals surface area contributed by atoms with Crippen LogP contribution in [0, 0.1) is 17.2 Å². The molecule has 2 rings (SSSR count). The van der Waals surface area contributed by atoms with Crippen molar-refractivity contribution < 1.29 is 4.74 Å². The van der Waals surface area contributed by atoms with E-state index >= 15 is 0 Å². The Labute approximate surface area is 121 Å². The predicted molar refractivity (Wildman–Crippen MR) is 80.5 cm³/mol. The van der Waals surface area contributed by atoms with Gasteiger partial charge in [-0.05, 0) is 51.3 Å². The summed E-state index contributed by atoms with van der Waals surface area (Å²) in [7, 11) is 0. The summed E-state index contributed by atoms with van der Waals surface area (Å²) in [6.07, 6.45) is 3.49. The molecule has 3 nitrogen and oxygen atoms in total. The second kappa shape index (κ2) is 6.76. The van der Waals surface area contributed by atoms with E-state index in [1.165, 1.54) is 5.56 Å². The quantitative estimate of drug-likeness (QED) is 0.886. The number of ether oxygens (including phenoxy) is 1. The highest BCUT2D eigenvalue weighted by Gasteiger charge is 2.28. The molecule has 0 spiro atoms. The Morgan fingerprint density at radius 2 is 1.90 bits per heavy atom. The molecule has 1 aromatic carbocycles. The van der Waals surface area contributed by atoms with Crippen LogP contribution in [-0.4, -0.2) is 12.1 Å². The van der Waals surface area contributed by atoms with Crippen molar-refractivity contribution in [2.45, 2.75) is 58.2 Å². The zero-order valence-corrected chi connectivity index (χ0v) is 12.6. The van der Waals surface area contributed by atoms with Crippen LogP contribution in [0.15, 0.2) is 24.3 Å². The van der Waals surface area contributed by atoms with Crippen LogP contribution >= 0.6 is 0 Å². The molecular formula is C17H24N2O. The number of benzene rings is 1. The predicted octanol–water partition coefficient (Wildman–Crippen LogP) is 3.82. The molecule has 108 valence electrons. The molecule has 0 aromatic heterocycles. The van der Waals surface area contributed by atoms with Crippen LogP contribution in [0.1, 0.15) is 51.6 Å². The van der Waals surface area contributed by atoms with Crippen molar-refractivity contribution in [2.75, 3.05) is 0 Å². The average Bonchev–Trinajstić information content (AvgIpc) is 2.86. The molecule has 0 aliphatic heterocycles. The van der Waals surface area contributed by atoms with E-state index in [0.717, 1.165) is 25.0 Å². The molecule has 1 aliphatic carbocycles. The Morgan fingerprint density at radius 1 is 1.20 bits per heavy atom. The van der Waals surface area contributed by atoms with Crippen molar-refractivity contribution >= 4 is 0 Å². The maximum absolute atomic E-state index is 9.13. The van der Waals surface area contributed by atoms with E-state index in [1.807, 2.05) is 26.0 Å². The van der Waals surface area contributed by atoms with Crippen molar-refractivity contribution in [3.8, 4) is 11.8 Å². The van der Waals surface area contributed by atoms with Gasteiger partial charge in [0.15, 0.2) is 0 Å². The molecule has 0 radical (unpaired) electrons. The topological polar surface area (TPSA) is 45.0 Å². The van der Waals surface area contributed by atoms with E-state index in [0.29, 0.717) is 6.04 Å². The lowest BCUT2D eigenvalue weighted by Gasteiger charge is -2.22. The van der Waals surface area contributed by atoms with Gasteiger partial charge in [-0.3, -0.25) is 0 Å². The van der Waals surface area contributed by atoms with Crippen LogP contribution in [0.25, 0.3) is 0 Å². The zero-order chi connectivity index (χ0) is 14.5. The number of nitrogens with zero attached hydrogens (tertiary/aromatic N) is 1. The van der Waals surface area contributed by atoms with Crippen molar-refractivity contribution in [2.24, 2.45) is 5.92 Å². The van der Waals surface area contributed by atoms with Crippen molar-refractivity contribution in [3.05, 3.63) is 29.8 Å². The van der Waals surface area contributed by atoms with E-state index in [4.69, 9.17) is 10.00 Å².